The SMILES string of the molecule is COc1ccc(/C(=C\c2ccc(C(C)=O)cc2)C2=CCC(c3ccccc3)CC2)cc1. The Morgan fingerprint density at radius 1 is 0.903 bits per heavy atom. The molecule has 0 fully saturated rings. The molecular formula is C29H28O2. The predicted octanol–water partition coefficient (Wildman–Crippen LogP) is 7.33. The summed E-state index contributed by atoms with van der Waals surface area (Å²) >= 11 is 0. The molecule has 3 aromatic rings. The van der Waals surface area contributed by atoms with Crippen LogP contribution in [0.5, 0.6) is 5.75 Å². The molecule has 0 radical (unpaired) electrons. The van der Waals surface area contributed by atoms with Crippen molar-refractivity contribution in [2.75, 3.05) is 7.11 Å². The smallest absolute Gasteiger partial charge is 0.159 e. The number of benzene rings is 3. The van der Waals surface area contributed by atoms with Crippen molar-refractivity contribution in [2.45, 2.75) is 32.1 Å². The van der Waals surface area contributed by atoms with Crippen molar-refractivity contribution in [2.24, 2.45) is 0 Å². The molecule has 2 heteroatoms. The highest BCUT2D eigenvalue weighted by molar-refractivity contribution is 5.95. The maximum atomic E-state index is 11.6. The molecule has 0 bridgehead atoms. The molecule has 1 aliphatic rings. The summed E-state index contributed by atoms with van der Waals surface area (Å²) in [4.78, 5) is 11.6. The minimum absolute atomic E-state index is 0.0906. The molecule has 156 valence electrons. The Morgan fingerprint density at radius 3 is 2.16 bits per heavy atom. The van der Waals surface area contributed by atoms with Gasteiger partial charge in [0.05, 0.1) is 7.11 Å². The van der Waals surface area contributed by atoms with Gasteiger partial charge in [0, 0.05) is 5.56 Å². The lowest BCUT2D eigenvalue weighted by Gasteiger charge is -2.24. The molecule has 0 heterocycles. The summed E-state index contributed by atoms with van der Waals surface area (Å²) in [5.41, 5.74) is 7.07. The van der Waals surface area contributed by atoms with Gasteiger partial charge in [0.15, 0.2) is 5.78 Å². The molecule has 0 aliphatic heterocycles. The molecule has 4 rings (SSSR count). The van der Waals surface area contributed by atoms with Crippen LogP contribution >= 0.6 is 0 Å². The van der Waals surface area contributed by atoms with Crippen LogP contribution in [0, 0.1) is 0 Å². The molecule has 1 atom stereocenters. The van der Waals surface area contributed by atoms with Crippen molar-refractivity contribution in [3.8, 4) is 5.75 Å². The second-order valence-electron chi connectivity index (χ2n) is 8.08. The van der Waals surface area contributed by atoms with Crippen molar-refractivity contribution in [3.05, 3.63) is 113 Å². The molecule has 0 saturated carbocycles. The fraction of sp³-hybridized carbons (Fsp3) is 0.207. The van der Waals surface area contributed by atoms with Crippen LogP contribution in [0.15, 0.2) is 90.5 Å². The Hall–Kier alpha value is -3.39. The molecule has 3 aromatic carbocycles. The van der Waals surface area contributed by atoms with Gasteiger partial charge in [-0.2, -0.15) is 0 Å². The zero-order chi connectivity index (χ0) is 21.6. The number of hydrogen-bond acceptors (Lipinski definition) is 2. The van der Waals surface area contributed by atoms with Crippen molar-refractivity contribution in [1.29, 1.82) is 0 Å². The molecule has 0 N–H and O–H groups in total. The van der Waals surface area contributed by atoms with E-state index in [9.17, 15) is 4.79 Å². The van der Waals surface area contributed by atoms with Gasteiger partial charge in [0.2, 0.25) is 0 Å². The van der Waals surface area contributed by atoms with Gasteiger partial charge >= 0.3 is 0 Å². The first kappa shape index (κ1) is 20.9. The van der Waals surface area contributed by atoms with Crippen LogP contribution in [0.4, 0.5) is 0 Å². The first-order valence-corrected chi connectivity index (χ1v) is 10.9. The summed E-state index contributed by atoms with van der Waals surface area (Å²) in [6.45, 7) is 1.60. The van der Waals surface area contributed by atoms with Gasteiger partial charge < -0.3 is 4.74 Å². The predicted molar refractivity (Wildman–Crippen MR) is 128 cm³/mol. The Bertz CT molecular complexity index is 1090. The van der Waals surface area contributed by atoms with Crippen molar-refractivity contribution in [3.63, 3.8) is 0 Å². The monoisotopic (exact) mass is 408 g/mol. The maximum Gasteiger partial charge on any atom is 0.159 e. The number of carbonyl (C=O) groups excluding carboxylic acids is 1. The number of hydrogen-bond donors (Lipinski definition) is 0. The van der Waals surface area contributed by atoms with E-state index in [2.05, 4.69) is 54.6 Å². The van der Waals surface area contributed by atoms with Crippen LogP contribution in [0.1, 0.15) is 59.2 Å². The topological polar surface area (TPSA) is 26.3 Å². The zero-order valence-corrected chi connectivity index (χ0v) is 18.2. The average Bonchev–Trinajstić information content (AvgIpc) is 2.84. The third-order valence-electron chi connectivity index (χ3n) is 6.06. The van der Waals surface area contributed by atoms with Gasteiger partial charge in [0.25, 0.3) is 0 Å². The largest absolute Gasteiger partial charge is 0.497 e. The van der Waals surface area contributed by atoms with Crippen LogP contribution < -0.4 is 4.74 Å². The first-order valence-electron chi connectivity index (χ1n) is 10.9. The fourth-order valence-corrected chi connectivity index (χ4v) is 4.22. The molecular weight excluding hydrogens is 380 g/mol. The number of ketones is 1. The van der Waals surface area contributed by atoms with E-state index in [1.807, 2.05) is 36.4 Å². The Kier molecular flexibility index (Phi) is 6.47. The van der Waals surface area contributed by atoms with Crippen LogP contribution in [0.2, 0.25) is 0 Å². The second-order valence-corrected chi connectivity index (χ2v) is 8.08. The van der Waals surface area contributed by atoms with Gasteiger partial charge in [-0.25, -0.2) is 0 Å². The number of Topliss-reactive ketones (excluding diaryl/α,β-unsaturated/α-hetero) is 1. The maximum absolute atomic E-state index is 11.6. The normalized spacial score (nSPS) is 16.5. The van der Waals surface area contributed by atoms with Crippen molar-refractivity contribution >= 4 is 17.4 Å². The van der Waals surface area contributed by atoms with E-state index in [-0.39, 0.29) is 5.78 Å². The lowest BCUT2D eigenvalue weighted by atomic mass is 9.81. The molecule has 1 aliphatic carbocycles. The molecule has 0 spiro atoms. The van der Waals surface area contributed by atoms with Crippen molar-refractivity contribution < 1.29 is 9.53 Å². The van der Waals surface area contributed by atoms with E-state index in [0.29, 0.717) is 5.92 Å². The number of allylic oxidation sites excluding steroid dienone is 3. The van der Waals surface area contributed by atoms with Crippen LogP contribution in [-0.2, 0) is 0 Å². The molecule has 31 heavy (non-hydrogen) atoms. The molecule has 0 saturated heterocycles. The quantitative estimate of drug-likeness (QED) is 0.315. The van der Waals surface area contributed by atoms with Gasteiger partial charge in [0.1, 0.15) is 5.75 Å². The van der Waals surface area contributed by atoms with E-state index < -0.39 is 0 Å². The lowest BCUT2D eigenvalue weighted by molar-refractivity contribution is 0.101. The second kappa shape index (κ2) is 9.61. The van der Waals surface area contributed by atoms with Gasteiger partial charge in [-0.15, -0.1) is 0 Å². The highest BCUT2D eigenvalue weighted by Crippen LogP contribution is 2.38. The van der Waals surface area contributed by atoms with Crippen LogP contribution in [-0.4, -0.2) is 12.9 Å². The third-order valence-corrected chi connectivity index (χ3v) is 6.06. The van der Waals surface area contributed by atoms with Crippen LogP contribution in [0.3, 0.4) is 0 Å². The number of ether oxygens (including phenoxy) is 1. The van der Waals surface area contributed by atoms with Gasteiger partial charge in [-0.1, -0.05) is 72.8 Å². The Balaban J connectivity index is 1.67. The summed E-state index contributed by atoms with van der Waals surface area (Å²) in [6.07, 6.45) is 7.88. The summed E-state index contributed by atoms with van der Waals surface area (Å²) in [5.74, 6) is 1.53. The molecule has 0 aromatic heterocycles. The average molecular weight is 409 g/mol. The van der Waals surface area contributed by atoms with E-state index in [4.69, 9.17) is 4.74 Å². The highest BCUT2D eigenvalue weighted by atomic mass is 16.5. The van der Waals surface area contributed by atoms with Crippen LogP contribution in [0.25, 0.3) is 11.6 Å². The summed E-state index contributed by atoms with van der Waals surface area (Å²) in [7, 11) is 1.69. The highest BCUT2D eigenvalue weighted by Gasteiger charge is 2.19. The lowest BCUT2D eigenvalue weighted by Crippen LogP contribution is -2.05. The van der Waals surface area contributed by atoms with E-state index in [1.54, 1.807) is 14.0 Å². The van der Waals surface area contributed by atoms with E-state index in [0.717, 1.165) is 36.1 Å². The number of methoxy groups -OCH3 is 1. The molecule has 2 nitrogen and oxygen atoms in total. The fourth-order valence-electron chi connectivity index (χ4n) is 4.22. The summed E-state index contributed by atoms with van der Waals surface area (Å²) in [5, 5.41) is 0. The minimum atomic E-state index is 0.0906. The third kappa shape index (κ3) is 5.03. The van der Waals surface area contributed by atoms with E-state index in [1.165, 1.54) is 22.3 Å². The molecule has 1 unspecified atom stereocenters. The minimum Gasteiger partial charge on any atom is -0.497 e. The number of rotatable bonds is 6. The first-order chi connectivity index (χ1) is 15.1. The summed E-state index contributed by atoms with van der Waals surface area (Å²) < 4.78 is 5.35. The summed E-state index contributed by atoms with van der Waals surface area (Å²) in [6, 6.07) is 26.9. The standard InChI is InChI=1S/C29H28O2/c1-21(30)23-10-8-22(9-11-23)20-29(27-16-18-28(31-2)19-17-27)26-14-12-25(13-15-26)24-6-4-3-5-7-24/h3-11,14,16-20,25H,12-13,15H2,1-2H3/b29-20-. The zero-order valence-electron chi connectivity index (χ0n) is 18.2. The van der Waals surface area contributed by atoms with E-state index >= 15 is 0 Å². The number of carbonyl (C=O) groups is 1. The Morgan fingerprint density at radius 2 is 1.58 bits per heavy atom. The molecule has 0 amide bonds. The Labute approximate surface area is 184 Å². The van der Waals surface area contributed by atoms with Gasteiger partial charge in [-0.3, -0.25) is 4.79 Å². The van der Waals surface area contributed by atoms with Crippen molar-refractivity contribution in [1.82, 2.24) is 0 Å². The van der Waals surface area contributed by atoms with Gasteiger partial charge in [-0.05, 0) is 78.1 Å².